The second-order valence-corrected chi connectivity index (χ2v) is 6.57. The summed E-state index contributed by atoms with van der Waals surface area (Å²) in [4.78, 5) is 13.1. The van der Waals surface area contributed by atoms with Gasteiger partial charge in [0, 0.05) is 10.6 Å². The van der Waals surface area contributed by atoms with Crippen molar-refractivity contribution in [1.82, 2.24) is 0 Å². The highest BCUT2D eigenvalue weighted by Crippen LogP contribution is 2.34. The summed E-state index contributed by atoms with van der Waals surface area (Å²) in [6.45, 7) is 5.19. The van der Waals surface area contributed by atoms with Gasteiger partial charge in [-0.1, -0.05) is 6.07 Å². The maximum atomic E-state index is 12.1. The zero-order chi connectivity index (χ0) is 16.2. The van der Waals surface area contributed by atoms with Crippen LogP contribution in [0.15, 0.2) is 41.3 Å². The van der Waals surface area contributed by atoms with E-state index in [1.165, 1.54) is 11.8 Å². The molecule has 0 atom stereocenters. The molecule has 0 unspecified atom stereocenters. The molecule has 120 valence electrons. The van der Waals surface area contributed by atoms with Crippen molar-refractivity contribution in [3.8, 4) is 11.5 Å². The van der Waals surface area contributed by atoms with Crippen LogP contribution in [0.5, 0.6) is 11.5 Å². The minimum Gasteiger partial charge on any atom is -0.486 e. The van der Waals surface area contributed by atoms with Crippen LogP contribution in [-0.2, 0) is 4.79 Å². The van der Waals surface area contributed by atoms with E-state index >= 15 is 0 Å². The van der Waals surface area contributed by atoms with E-state index in [-0.39, 0.29) is 5.91 Å². The summed E-state index contributed by atoms with van der Waals surface area (Å²) >= 11 is 1.48. The predicted octanol–water partition coefficient (Wildman–Crippen LogP) is 3.81. The fourth-order valence-electron chi connectivity index (χ4n) is 2.51. The van der Waals surface area contributed by atoms with Crippen molar-refractivity contribution in [3.63, 3.8) is 0 Å². The fraction of sp³-hybridized carbons (Fsp3) is 0.278. The van der Waals surface area contributed by atoms with E-state index in [2.05, 4.69) is 11.4 Å². The average molecular weight is 329 g/mol. The van der Waals surface area contributed by atoms with Gasteiger partial charge < -0.3 is 14.8 Å². The summed E-state index contributed by atoms with van der Waals surface area (Å²) < 4.78 is 11.0. The van der Waals surface area contributed by atoms with Gasteiger partial charge in [-0.2, -0.15) is 0 Å². The summed E-state index contributed by atoms with van der Waals surface area (Å²) in [7, 11) is 0. The third kappa shape index (κ3) is 4.20. The number of carbonyl (C=O) groups is 1. The van der Waals surface area contributed by atoms with Gasteiger partial charge in [-0.15, -0.1) is 11.8 Å². The van der Waals surface area contributed by atoms with E-state index in [0.29, 0.717) is 19.0 Å². The molecule has 2 aromatic carbocycles. The molecular formula is C18H19NO3S. The minimum atomic E-state index is -0.0186. The Morgan fingerprint density at radius 2 is 1.74 bits per heavy atom. The molecule has 0 saturated heterocycles. The van der Waals surface area contributed by atoms with Crippen molar-refractivity contribution in [3.05, 3.63) is 47.5 Å². The van der Waals surface area contributed by atoms with Gasteiger partial charge in [-0.3, -0.25) is 4.79 Å². The zero-order valence-corrected chi connectivity index (χ0v) is 14.0. The number of hydrogen-bond acceptors (Lipinski definition) is 4. The maximum absolute atomic E-state index is 12.1. The average Bonchev–Trinajstić information content (AvgIpc) is 2.52. The maximum Gasteiger partial charge on any atom is 0.234 e. The highest BCUT2D eigenvalue weighted by molar-refractivity contribution is 8.00. The van der Waals surface area contributed by atoms with Gasteiger partial charge in [-0.25, -0.2) is 0 Å². The summed E-state index contributed by atoms with van der Waals surface area (Å²) in [6, 6.07) is 11.8. The number of fused-ring (bicyclic) bond motifs is 1. The molecule has 0 aromatic heterocycles. The molecule has 1 amide bonds. The molecule has 0 spiro atoms. The minimum absolute atomic E-state index is 0.0186. The Kier molecular flexibility index (Phi) is 4.76. The molecule has 3 rings (SSSR count). The standard InChI is InChI=1S/C18H19NO3S/c1-12-7-13(2)9-14(8-12)19-18(20)11-23-15-3-4-16-17(10-15)22-6-5-21-16/h3-4,7-10H,5-6,11H2,1-2H3,(H,19,20). The lowest BCUT2D eigenvalue weighted by Crippen LogP contribution is -2.15. The molecule has 0 saturated carbocycles. The van der Waals surface area contributed by atoms with E-state index in [0.717, 1.165) is 33.2 Å². The molecule has 0 bridgehead atoms. The van der Waals surface area contributed by atoms with E-state index in [1.807, 2.05) is 44.2 Å². The highest BCUT2D eigenvalue weighted by Gasteiger charge is 2.12. The number of benzene rings is 2. The van der Waals surface area contributed by atoms with Gasteiger partial charge in [0.05, 0.1) is 5.75 Å². The molecule has 0 aliphatic carbocycles. The lowest BCUT2D eigenvalue weighted by molar-refractivity contribution is -0.113. The van der Waals surface area contributed by atoms with Gasteiger partial charge in [-0.05, 0) is 55.3 Å². The second kappa shape index (κ2) is 6.96. The first-order valence-electron chi connectivity index (χ1n) is 7.51. The van der Waals surface area contributed by atoms with Crippen LogP contribution in [0.4, 0.5) is 5.69 Å². The number of ether oxygens (including phenoxy) is 2. The number of rotatable bonds is 4. The molecule has 0 radical (unpaired) electrons. The summed E-state index contributed by atoms with van der Waals surface area (Å²) in [5, 5.41) is 2.94. The van der Waals surface area contributed by atoms with Crippen LogP contribution in [0.2, 0.25) is 0 Å². The third-order valence-electron chi connectivity index (χ3n) is 3.39. The topological polar surface area (TPSA) is 47.6 Å². The van der Waals surface area contributed by atoms with Crippen molar-refractivity contribution in [2.24, 2.45) is 0 Å². The van der Waals surface area contributed by atoms with Gasteiger partial charge in [0.1, 0.15) is 13.2 Å². The molecule has 5 heteroatoms. The number of aryl methyl sites for hydroxylation is 2. The molecule has 23 heavy (non-hydrogen) atoms. The SMILES string of the molecule is Cc1cc(C)cc(NC(=O)CSc2ccc3c(c2)OCCO3)c1. The van der Waals surface area contributed by atoms with Crippen LogP contribution in [0.1, 0.15) is 11.1 Å². The van der Waals surface area contributed by atoms with E-state index in [9.17, 15) is 4.79 Å². The highest BCUT2D eigenvalue weighted by atomic mass is 32.2. The summed E-state index contributed by atoms with van der Waals surface area (Å²) in [5.41, 5.74) is 3.12. The first-order valence-corrected chi connectivity index (χ1v) is 8.49. The Labute approximate surface area is 140 Å². The van der Waals surface area contributed by atoms with Gasteiger partial charge in [0.2, 0.25) is 5.91 Å². The molecule has 4 nitrogen and oxygen atoms in total. The quantitative estimate of drug-likeness (QED) is 0.867. The van der Waals surface area contributed by atoms with Crippen molar-refractivity contribution < 1.29 is 14.3 Å². The lowest BCUT2D eigenvalue weighted by atomic mass is 10.1. The first-order chi connectivity index (χ1) is 11.1. The van der Waals surface area contributed by atoms with Crippen LogP contribution in [0, 0.1) is 13.8 Å². The number of hydrogen-bond donors (Lipinski definition) is 1. The monoisotopic (exact) mass is 329 g/mol. The number of amides is 1. The van der Waals surface area contributed by atoms with Crippen LogP contribution >= 0.6 is 11.8 Å². The Bertz CT molecular complexity index is 710. The van der Waals surface area contributed by atoms with Crippen molar-refractivity contribution in [2.45, 2.75) is 18.7 Å². The number of carbonyl (C=O) groups excluding carboxylic acids is 1. The smallest absolute Gasteiger partial charge is 0.234 e. The Balaban J connectivity index is 1.58. The van der Waals surface area contributed by atoms with Crippen molar-refractivity contribution >= 4 is 23.4 Å². The largest absolute Gasteiger partial charge is 0.486 e. The normalized spacial score (nSPS) is 12.8. The summed E-state index contributed by atoms with van der Waals surface area (Å²) in [6.07, 6.45) is 0. The second-order valence-electron chi connectivity index (χ2n) is 5.52. The lowest BCUT2D eigenvalue weighted by Gasteiger charge is -2.18. The van der Waals surface area contributed by atoms with Crippen LogP contribution in [-0.4, -0.2) is 24.9 Å². The Morgan fingerprint density at radius 1 is 1.04 bits per heavy atom. The summed E-state index contributed by atoms with van der Waals surface area (Å²) in [5.74, 6) is 1.85. The molecule has 0 fully saturated rings. The van der Waals surface area contributed by atoms with E-state index < -0.39 is 0 Å². The number of nitrogens with one attached hydrogen (secondary N) is 1. The van der Waals surface area contributed by atoms with Gasteiger partial charge >= 0.3 is 0 Å². The fourth-order valence-corrected chi connectivity index (χ4v) is 3.23. The Morgan fingerprint density at radius 3 is 2.48 bits per heavy atom. The Hall–Kier alpha value is -2.14. The molecule has 1 N–H and O–H groups in total. The predicted molar refractivity (Wildman–Crippen MR) is 92.7 cm³/mol. The van der Waals surface area contributed by atoms with Crippen LogP contribution in [0.3, 0.4) is 0 Å². The number of anilines is 1. The van der Waals surface area contributed by atoms with E-state index in [4.69, 9.17) is 9.47 Å². The number of thioether (sulfide) groups is 1. The third-order valence-corrected chi connectivity index (χ3v) is 4.38. The van der Waals surface area contributed by atoms with Crippen molar-refractivity contribution in [1.29, 1.82) is 0 Å². The van der Waals surface area contributed by atoms with Crippen LogP contribution in [0.25, 0.3) is 0 Å². The first kappa shape index (κ1) is 15.7. The molecule has 1 heterocycles. The molecular weight excluding hydrogens is 310 g/mol. The zero-order valence-electron chi connectivity index (χ0n) is 13.2. The van der Waals surface area contributed by atoms with Crippen molar-refractivity contribution in [2.75, 3.05) is 24.3 Å². The molecule has 1 aliphatic rings. The molecule has 2 aromatic rings. The molecule has 1 aliphatic heterocycles. The van der Waals surface area contributed by atoms with Crippen LogP contribution < -0.4 is 14.8 Å². The van der Waals surface area contributed by atoms with Gasteiger partial charge in [0.15, 0.2) is 11.5 Å². The van der Waals surface area contributed by atoms with E-state index in [1.54, 1.807) is 0 Å². The van der Waals surface area contributed by atoms with Gasteiger partial charge in [0.25, 0.3) is 0 Å².